The average molecular weight is 375 g/mol. The third-order valence-electron chi connectivity index (χ3n) is 4.12. The fourth-order valence-electron chi connectivity index (χ4n) is 2.82. The van der Waals surface area contributed by atoms with Crippen molar-refractivity contribution in [1.82, 2.24) is 18.7 Å². The molecule has 7 heteroatoms. The van der Waals surface area contributed by atoms with Crippen LogP contribution in [0.5, 0.6) is 5.75 Å². The van der Waals surface area contributed by atoms with E-state index in [1.165, 1.54) is 11.7 Å². The number of hydrogen-bond acceptors (Lipinski definition) is 7. The summed E-state index contributed by atoms with van der Waals surface area (Å²) in [5, 5.41) is 0. The lowest BCUT2D eigenvalue weighted by molar-refractivity contribution is 0.416. The third-order valence-corrected chi connectivity index (χ3v) is 4.59. The van der Waals surface area contributed by atoms with E-state index < -0.39 is 0 Å². The van der Waals surface area contributed by atoms with Gasteiger partial charge < -0.3 is 9.64 Å². The summed E-state index contributed by atoms with van der Waals surface area (Å²) in [5.74, 6) is 2.28. The van der Waals surface area contributed by atoms with Crippen molar-refractivity contribution in [3.05, 3.63) is 78.8 Å². The zero-order valence-electron chi connectivity index (χ0n) is 14.7. The molecule has 0 bridgehead atoms. The van der Waals surface area contributed by atoms with E-state index in [2.05, 4.69) is 30.8 Å². The van der Waals surface area contributed by atoms with Crippen LogP contribution in [0.25, 0.3) is 11.3 Å². The number of anilines is 2. The van der Waals surface area contributed by atoms with E-state index in [1.54, 1.807) is 19.6 Å². The molecule has 0 spiro atoms. The molecule has 6 nitrogen and oxygen atoms in total. The lowest BCUT2D eigenvalue weighted by atomic mass is 10.1. The second kappa shape index (κ2) is 7.92. The smallest absolute Gasteiger partial charge is 0.168 e. The van der Waals surface area contributed by atoms with Crippen molar-refractivity contribution >= 4 is 23.4 Å². The number of benzene rings is 2. The molecule has 0 aliphatic heterocycles. The van der Waals surface area contributed by atoms with Gasteiger partial charge in [-0.2, -0.15) is 8.75 Å². The molecule has 0 aliphatic carbocycles. The van der Waals surface area contributed by atoms with Gasteiger partial charge in [0.2, 0.25) is 0 Å². The highest BCUT2D eigenvalue weighted by molar-refractivity contribution is 6.99. The maximum absolute atomic E-state index is 5.47. The van der Waals surface area contributed by atoms with Crippen molar-refractivity contribution in [3.8, 4) is 17.0 Å². The van der Waals surface area contributed by atoms with Crippen molar-refractivity contribution in [2.75, 3.05) is 12.0 Å². The van der Waals surface area contributed by atoms with E-state index in [0.717, 1.165) is 34.2 Å². The van der Waals surface area contributed by atoms with Gasteiger partial charge in [-0.15, -0.1) is 0 Å². The highest BCUT2D eigenvalue weighted by Crippen LogP contribution is 2.31. The van der Waals surface area contributed by atoms with Crippen molar-refractivity contribution in [2.24, 2.45) is 0 Å². The van der Waals surface area contributed by atoms with Crippen LogP contribution in [0.4, 0.5) is 11.6 Å². The highest BCUT2D eigenvalue weighted by atomic mass is 32.1. The monoisotopic (exact) mass is 375 g/mol. The number of methoxy groups -OCH3 is 1. The van der Waals surface area contributed by atoms with Crippen molar-refractivity contribution in [1.29, 1.82) is 0 Å². The summed E-state index contributed by atoms with van der Waals surface area (Å²) in [6.45, 7) is 0.634. The SMILES string of the molecule is COc1ccccc1-c1cc(N(Cc2ccccc2)c2cnsn2)ncn1. The Labute approximate surface area is 161 Å². The van der Waals surface area contributed by atoms with Gasteiger partial charge in [0.1, 0.15) is 17.9 Å². The van der Waals surface area contributed by atoms with Gasteiger partial charge in [-0.05, 0) is 17.7 Å². The molecule has 0 unspecified atom stereocenters. The van der Waals surface area contributed by atoms with Gasteiger partial charge in [-0.3, -0.25) is 0 Å². The molecular weight excluding hydrogens is 358 g/mol. The molecule has 0 atom stereocenters. The van der Waals surface area contributed by atoms with Crippen LogP contribution in [0.2, 0.25) is 0 Å². The van der Waals surface area contributed by atoms with Gasteiger partial charge in [0.05, 0.1) is 37.3 Å². The molecule has 0 fully saturated rings. The zero-order chi connectivity index (χ0) is 18.5. The van der Waals surface area contributed by atoms with Gasteiger partial charge >= 0.3 is 0 Å². The minimum Gasteiger partial charge on any atom is -0.496 e. The van der Waals surface area contributed by atoms with E-state index in [1.807, 2.05) is 53.4 Å². The Morgan fingerprint density at radius 3 is 2.56 bits per heavy atom. The van der Waals surface area contributed by atoms with Crippen LogP contribution in [0.1, 0.15) is 5.56 Å². The Kier molecular flexibility index (Phi) is 5.02. The molecule has 2 heterocycles. The van der Waals surface area contributed by atoms with E-state index in [-0.39, 0.29) is 0 Å². The third kappa shape index (κ3) is 3.78. The fraction of sp³-hybridized carbons (Fsp3) is 0.100. The van der Waals surface area contributed by atoms with E-state index in [4.69, 9.17) is 4.74 Å². The predicted octanol–water partition coefficient (Wildman–Crippen LogP) is 4.34. The Hall–Kier alpha value is -3.32. The molecule has 0 saturated heterocycles. The van der Waals surface area contributed by atoms with Crippen LogP contribution in [0.3, 0.4) is 0 Å². The first kappa shape index (κ1) is 17.1. The largest absolute Gasteiger partial charge is 0.496 e. The Bertz CT molecular complexity index is 1010. The molecule has 0 N–H and O–H groups in total. The molecule has 4 rings (SSSR count). The summed E-state index contributed by atoms with van der Waals surface area (Å²) in [4.78, 5) is 10.9. The summed E-state index contributed by atoms with van der Waals surface area (Å²) >= 11 is 1.17. The van der Waals surface area contributed by atoms with Gasteiger partial charge in [0, 0.05) is 11.6 Å². The molecule has 27 heavy (non-hydrogen) atoms. The fourth-order valence-corrected chi connectivity index (χ4v) is 3.24. The molecule has 2 aromatic carbocycles. The minimum absolute atomic E-state index is 0.634. The number of nitrogens with zero attached hydrogens (tertiary/aromatic N) is 5. The topological polar surface area (TPSA) is 64.0 Å². The zero-order valence-corrected chi connectivity index (χ0v) is 15.5. The molecule has 2 aromatic heterocycles. The van der Waals surface area contributed by atoms with Crippen LogP contribution in [-0.4, -0.2) is 25.8 Å². The summed E-state index contributed by atoms with van der Waals surface area (Å²) in [6.07, 6.45) is 3.31. The first-order valence-corrected chi connectivity index (χ1v) is 9.12. The van der Waals surface area contributed by atoms with Gasteiger partial charge in [0.25, 0.3) is 0 Å². The molecule has 0 aliphatic rings. The number of para-hydroxylation sites is 1. The Morgan fingerprint density at radius 1 is 0.963 bits per heavy atom. The van der Waals surface area contributed by atoms with E-state index in [0.29, 0.717) is 6.54 Å². The standard InChI is InChI=1S/C20H17N5OS/c1-26-18-10-6-5-9-16(18)17-11-19(22-14-21-17)25(20-12-23-27-24-20)13-15-7-3-2-4-8-15/h2-12,14H,13H2,1H3. The second-order valence-electron chi connectivity index (χ2n) is 5.80. The Balaban J connectivity index is 1.75. The average Bonchev–Trinajstić information content (AvgIpc) is 3.27. The summed E-state index contributed by atoms with van der Waals surface area (Å²) in [6, 6.07) is 20.0. The first-order valence-electron chi connectivity index (χ1n) is 8.39. The maximum atomic E-state index is 5.47. The van der Waals surface area contributed by atoms with Crippen LogP contribution in [0, 0.1) is 0 Å². The van der Waals surface area contributed by atoms with Crippen LogP contribution < -0.4 is 9.64 Å². The molecule has 0 radical (unpaired) electrons. The van der Waals surface area contributed by atoms with Crippen LogP contribution in [0.15, 0.2) is 73.2 Å². The van der Waals surface area contributed by atoms with Gasteiger partial charge in [-0.25, -0.2) is 9.97 Å². The number of aromatic nitrogens is 4. The lowest BCUT2D eigenvalue weighted by Gasteiger charge is -2.21. The summed E-state index contributed by atoms with van der Waals surface area (Å²) < 4.78 is 14.0. The van der Waals surface area contributed by atoms with Crippen molar-refractivity contribution in [2.45, 2.75) is 6.54 Å². The van der Waals surface area contributed by atoms with Gasteiger partial charge in [0.15, 0.2) is 5.82 Å². The molecule has 0 saturated carbocycles. The maximum Gasteiger partial charge on any atom is 0.168 e. The second-order valence-corrected chi connectivity index (χ2v) is 6.36. The minimum atomic E-state index is 0.634. The lowest BCUT2D eigenvalue weighted by Crippen LogP contribution is -2.18. The van der Waals surface area contributed by atoms with Crippen molar-refractivity contribution < 1.29 is 4.74 Å². The number of rotatable bonds is 6. The van der Waals surface area contributed by atoms with E-state index in [9.17, 15) is 0 Å². The normalized spacial score (nSPS) is 10.6. The summed E-state index contributed by atoms with van der Waals surface area (Å²) in [5.41, 5.74) is 2.86. The van der Waals surface area contributed by atoms with Crippen LogP contribution >= 0.6 is 11.7 Å². The number of hydrogen-bond donors (Lipinski definition) is 0. The molecule has 4 aromatic rings. The first-order chi connectivity index (χ1) is 13.3. The predicted molar refractivity (Wildman–Crippen MR) is 106 cm³/mol. The quantitative estimate of drug-likeness (QED) is 0.499. The molecular formula is C20H17N5OS. The highest BCUT2D eigenvalue weighted by Gasteiger charge is 2.16. The number of ether oxygens (including phenoxy) is 1. The summed E-state index contributed by atoms with van der Waals surface area (Å²) in [7, 11) is 1.66. The van der Waals surface area contributed by atoms with Crippen LogP contribution in [-0.2, 0) is 6.54 Å². The molecule has 0 amide bonds. The Morgan fingerprint density at radius 2 is 1.78 bits per heavy atom. The van der Waals surface area contributed by atoms with Gasteiger partial charge in [-0.1, -0.05) is 42.5 Å². The van der Waals surface area contributed by atoms with E-state index >= 15 is 0 Å². The molecule has 134 valence electrons. The van der Waals surface area contributed by atoms with Crippen molar-refractivity contribution in [3.63, 3.8) is 0 Å².